The van der Waals surface area contributed by atoms with Gasteiger partial charge in [0, 0.05) is 43.1 Å². The second kappa shape index (κ2) is 12.4. The number of amides is 3. The molecule has 0 bridgehead atoms. The van der Waals surface area contributed by atoms with Crippen LogP contribution in [0.3, 0.4) is 0 Å². The van der Waals surface area contributed by atoms with Crippen LogP contribution in [-0.2, 0) is 43.2 Å². The standard InChI is InChI=1S/C29H37N5O6/c1-4-16(2)22(12-17(3)35)27(38)32-23-9-8-18-6-5-7-19-13-24(34(26(18)19)29(23)40)28(39)31-21(15-25(36)37)14-20-10-11-30-33-20/h5-7,10-11,16,21-24H,4,8-9,12-15H2,1-3H3,(H,30,33)(H,31,39)(H,32,38)(H,36,37)/t16-,21+,22-,23?,24-/m0/s1. The van der Waals surface area contributed by atoms with E-state index in [2.05, 4.69) is 20.8 Å². The number of hydrogen-bond donors (Lipinski definition) is 4. The van der Waals surface area contributed by atoms with Crippen molar-refractivity contribution in [2.75, 3.05) is 4.90 Å². The van der Waals surface area contributed by atoms with Crippen molar-refractivity contribution in [3.8, 4) is 0 Å². The first-order valence-corrected chi connectivity index (χ1v) is 13.8. The number of nitrogens with one attached hydrogen (secondary N) is 3. The number of ketones is 1. The number of nitrogens with zero attached hydrogens (tertiary/aromatic N) is 2. The third-order valence-corrected chi connectivity index (χ3v) is 7.99. The van der Waals surface area contributed by atoms with Gasteiger partial charge in [0.25, 0.3) is 0 Å². The lowest BCUT2D eigenvalue weighted by Gasteiger charge is -2.30. The summed E-state index contributed by atoms with van der Waals surface area (Å²) in [5.41, 5.74) is 3.14. The average molecular weight is 552 g/mol. The second-order valence-corrected chi connectivity index (χ2v) is 10.9. The molecule has 3 heterocycles. The molecule has 0 aliphatic carbocycles. The number of carbonyl (C=O) groups is 5. The van der Waals surface area contributed by atoms with Crippen LogP contribution >= 0.6 is 0 Å². The Bertz CT molecular complexity index is 1280. The van der Waals surface area contributed by atoms with Gasteiger partial charge in [-0.2, -0.15) is 5.10 Å². The maximum atomic E-state index is 14.0. The molecule has 11 heteroatoms. The summed E-state index contributed by atoms with van der Waals surface area (Å²) >= 11 is 0. The minimum Gasteiger partial charge on any atom is -0.481 e. The van der Waals surface area contributed by atoms with Crippen LogP contribution in [0.4, 0.5) is 5.69 Å². The van der Waals surface area contributed by atoms with E-state index in [1.165, 1.54) is 11.8 Å². The number of carbonyl (C=O) groups excluding carboxylic acids is 4. The SMILES string of the molecule is CC[C@H](C)[C@H](CC(C)=O)C(=O)NC1CCc2cccc3c2N(C1=O)[C@H](C(=O)N[C@@H](CC(=O)O)Cc1ccn[nH]1)C3. The molecule has 5 atom stereocenters. The summed E-state index contributed by atoms with van der Waals surface area (Å²) < 4.78 is 0. The molecule has 0 fully saturated rings. The van der Waals surface area contributed by atoms with Gasteiger partial charge >= 0.3 is 5.97 Å². The number of rotatable bonds is 12. The summed E-state index contributed by atoms with van der Waals surface area (Å²) in [6.07, 6.45) is 3.48. The van der Waals surface area contributed by atoms with Crippen LogP contribution in [0.25, 0.3) is 0 Å². The number of aryl methyl sites for hydroxylation is 1. The number of carboxylic acids is 1. The van der Waals surface area contributed by atoms with Crippen LogP contribution in [0, 0.1) is 11.8 Å². The first-order chi connectivity index (χ1) is 19.1. The zero-order valence-corrected chi connectivity index (χ0v) is 23.1. The predicted octanol–water partition coefficient (Wildman–Crippen LogP) is 1.94. The van der Waals surface area contributed by atoms with E-state index >= 15 is 0 Å². The molecule has 1 unspecified atom stereocenters. The zero-order chi connectivity index (χ0) is 29.0. The minimum absolute atomic E-state index is 0.0417. The number of H-pyrrole nitrogens is 1. The van der Waals surface area contributed by atoms with Gasteiger partial charge in [-0.25, -0.2) is 0 Å². The Labute approximate surface area is 233 Å². The fourth-order valence-electron chi connectivity index (χ4n) is 5.75. The molecule has 3 amide bonds. The highest BCUT2D eigenvalue weighted by molar-refractivity contribution is 6.08. The number of Topliss-reactive ketones (excluding diaryl/α,β-unsaturated/α-hetero) is 1. The van der Waals surface area contributed by atoms with Gasteiger partial charge in [-0.15, -0.1) is 0 Å². The summed E-state index contributed by atoms with van der Waals surface area (Å²) in [7, 11) is 0. The largest absolute Gasteiger partial charge is 0.481 e. The Morgan fingerprint density at radius 2 is 1.93 bits per heavy atom. The predicted molar refractivity (Wildman–Crippen MR) is 146 cm³/mol. The van der Waals surface area contributed by atoms with Crippen molar-refractivity contribution in [3.63, 3.8) is 0 Å². The molecule has 40 heavy (non-hydrogen) atoms. The van der Waals surface area contributed by atoms with Gasteiger partial charge in [0.15, 0.2) is 0 Å². The highest BCUT2D eigenvalue weighted by Gasteiger charge is 2.44. The summed E-state index contributed by atoms with van der Waals surface area (Å²) in [5, 5.41) is 21.8. The third-order valence-electron chi connectivity index (χ3n) is 7.99. The number of aromatic nitrogens is 2. The van der Waals surface area contributed by atoms with E-state index in [0.717, 1.165) is 11.1 Å². The van der Waals surface area contributed by atoms with Gasteiger partial charge < -0.3 is 20.5 Å². The fraction of sp³-hybridized carbons (Fsp3) is 0.517. The van der Waals surface area contributed by atoms with Crippen LogP contribution in [0.5, 0.6) is 0 Å². The fourth-order valence-corrected chi connectivity index (χ4v) is 5.75. The Morgan fingerprint density at radius 3 is 2.58 bits per heavy atom. The molecule has 0 spiro atoms. The van der Waals surface area contributed by atoms with Gasteiger partial charge in [-0.05, 0) is 42.9 Å². The van der Waals surface area contributed by atoms with Crippen molar-refractivity contribution in [3.05, 3.63) is 47.3 Å². The van der Waals surface area contributed by atoms with Gasteiger partial charge in [0.05, 0.1) is 12.1 Å². The highest BCUT2D eigenvalue weighted by Crippen LogP contribution is 2.39. The lowest BCUT2D eigenvalue weighted by atomic mass is 9.86. The van der Waals surface area contributed by atoms with Crippen LogP contribution in [-0.4, -0.2) is 62.9 Å². The van der Waals surface area contributed by atoms with Crippen molar-refractivity contribution in [2.24, 2.45) is 11.8 Å². The molecule has 4 rings (SSSR count). The molecule has 0 saturated heterocycles. The van der Waals surface area contributed by atoms with E-state index < -0.39 is 35.9 Å². The van der Waals surface area contributed by atoms with E-state index in [1.807, 2.05) is 32.0 Å². The van der Waals surface area contributed by atoms with E-state index in [9.17, 15) is 29.1 Å². The Balaban J connectivity index is 1.58. The van der Waals surface area contributed by atoms with E-state index in [4.69, 9.17) is 0 Å². The molecular weight excluding hydrogens is 514 g/mol. The second-order valence-electron chi connectivity index (χ2n) is 10.9. The highest BCUT2D eigenvalue weighted by atomic mass is 16.4. The van der Waals surface area contributed by atoms with Crippen LogP contribution in [0.15, 0.2) is 30.5 Å². The Morgan fingerprint density at radius 1 is 1.18 bits per heavy atom. The number of para-hydroxylation sites is 1. The smallest absolute Gasteiger partial charge is 0.305 e. The van der Waals surface area contributed by atoms with E-state index in [-0.39, 0.29) is 49.2 Å². The van der Waals surface area contributed by atoms with Gasteiger partial charge in [0.2, 0.25) is 17.7 Å². The molecule has 1 aromatic heterocycles. The summed E-state index contributed by atoms with van der Waals surface area (Å²) in [5.74, 6) is -2.92. The van der Waals surface area contributed by atoms with Crippen molar-refractivity contribution >= 4 is 35.2 Å². The molecule has 2 aromatic rings. The van der Waals surface area contributed by atoms with Crippen LogP contribution < -0.4 is 15.5 Å². The van der Waals surface area contributed by atoms with Gasteiger partial charge in [-0.3, -0.25) is 29.2 Å². The third kappa shape index (κ3) is 6.40. The van der Waals surface area contributed by atoms with E-state index in [1.54, 1.807) is 12.3 Å². The molecule has 214 valence electrons. The number of hydrogen-bond acceptors (Lipinski definition) is 6. The summed E-state index contributed by atoms with van der Waals surface area (Å²) in [6.45, 7) is 5.33. The first kappa shape index (κ1) is 29.0. The first-order valence-electron chi connectivity index (χ1n) is 13.8. The zero-order valence-electron chi connectivity index (χ0n) is 23.1. The Kier molecular flexibility index (Phi) is 9.01. The van der Waals surface area contributed by atoms with Crippen LogP contribution in [0.1, 0.15) is 63.3 Å². The number of aliphatic carboxylic acids is 1. The Hall–Kier alpha value is -4.02. The molecule has 2 aliphatic heterocycles. The monoisotopic (exact) mass is 551 g/mol. The van der Waals surface area contributed by atoms with Crippen LogP contribution in [0.2, 0.25) is 0 Å². The van der Waals surface area contributed by atoms with Gasteiger partial charge in [0.1, 0.15) is 17.9 Å². The maximum Gasteiger partial charge on any atom is 0.305 e. The normalized spacial score (nSPS) is 20.2. The molecule has 0 radical (unpaired) electrons. The molecule has 0 saturated carbocycles. The number of anilines is 1. The van der Waals surface area contributed by atoms with Gasteiger partial charge in [-0.1, -0.05) is 38.5 Å². The lowest BCUT2D eigenvalue weighted by molar-refractivity contribution is -0.138. The van der Waals surface area contributed by atoms with Crippen molar-refractivity contribution in [2.45, 2.75) is 83.8 Å². The molecule has 11 nitrogen and oxygen atoms in total. The quantitative estimate of drug-likeness (QED) is 0.313. The number of aromatic amines is 1. The van der Waals surface area contributed by atoms with E-state index in [0.29, 0.717) is 30.6 Å². The van der Waals surface area contributed by atoms with Crippen molar-refractivity contribution in [1.82, 2.24) is 20.8 Å². The molecular formula is C29H37N5O6. The lowest BCUT2D eigenvalue weighted by Crippen LogP contribution is -2.56. The molecule has 4 N–H and O–H groups in total. The van der Waals surface area contributed by atoms with Crippen molar-refractivity contribution in [1.29, 1.82) is 0 Å². The molecule has 2 aliphatic rings. The average Bonchev–Trinajstić information content (AvgIpc) is 3.53. The van der Waals surface area contributed by atoms with Crippen molar-refractivity contribution < 1.29 is 29.1 Å². The molecule has 1 aromatic carbocycles. The summed E-state index contributed by atoms with van der Waals surface area (Å²) in [6, 6.07) is 4.95. The summed E-state index contributed by atoms with van der Waals surface area (Å²) in [4.78, 5) is 65.8. The number of benzene rings is 1. The topological polar surface area (TPSA) is 162 Å². The minimum atomic E-state index is -1.06. The maximum absolute atomic E-state index is 14.0. The number of carboxylic acid groups (broad SMARTS) is 1.